The third-order valence-electron chi connectivity index (χ3n) is 3.15. The minimum Gasteiger partial charge on any atom is -0.322 e. The van der Waals surface area contributed by atoms with Crippen LogP contribution in [-0.2, 0) is 6.42 Å². The summed E-state index contributed by atoms with van der Waals surface area (Å²) in [6, 6.07) is 12.0. The van der Waals surface area contributed by atoms with Crippen molar-refractivity contribution in [3.63, 3.8) is 0 Å². The van der Waals surface area contributed by atoms with Crippen LogP contribution in [0.5, 0.6) is 0 Å². The van der Waals surface area contributed by atoms with Gasteiger partial charge >= 0.3 is 0 Å². The van der Waals surface area contributed by atoms with Gasteiger partial charge in [0.25, 0.3) is 5.91 Å². The van der Waals surface area contributed by atoms with E-state index in [2.05, 4.69) is 5.32 Å². The summed E-state index contributed by atoms with van der Waals surface area (Å²) >= 11 is 5.68. The first-order valence-electron chi connectivity index (χ1n) is 6.82. The first-order chi connectivity index (χ1) is 10.1. The smallest absolute Gasteiger partial charge is 0.258 e. The van der Waals surface area contributed by atoms with Gasteiger partial charge in [0.05, 0.1) is 5.56 Å². The van der Waals surface area contributed by atoms with Gasteiger partial charge in [-0.2, -0.15) is 0 Å². The van der Waals surface area contributed by atoms with E-state index >= 15 is 0 Å². The number of nitrogens with one attached hydrogen (secondary N) is 1. The monoisotopic (exact) mass is 305 g/mol. The molecule has 0 aromatic heterocycles. The van der Waals surface area contributed by atoms with Crippen molar-refractivity contribution in [2.45, 2.75) is 19.8 Å². The predicted octanol–water partition coefficient (Wildman–Crippen LogP) is 4.56. The van der Waals surface area contributed by atoms with Crippen LogP contribution in [0.3, 0.4) is 0 Å². The summed E-state index contributed by atoms with van der Waals surface area (Å²) in [7, 11) is 0. The maximum absolute atomic E-state index is 13.7. The Kier molecular flexibility index (Phi) is 5.34. The molecular formula is C17H17ClFNO. The van der Waals surface area contributed by atoms with Gasteiger partial charge in [-0.3, -0.25) is 4.79 Å². The van der Waals surface area contributed by atoms with Crippen LogP contribution in [0.15, 0.2) is 42.5 Å². The van der Waals surface area contributed by atoms with Crippen molar-refractivity contribution < 1.29 is 9.18 Å². The summed E-state index contributed by atoms with van der Waals surface area (Å²) in [6.45, 7) is 1.82. The molecule has 21 heavy (non-hydrogen) atoms. The Morgan fingerprint density at radius 3 is 2.81 bits per heavy atom. The average molecular weight is 306 g/mol. The quantitative estimate of drug-likeness (QED) is 0.806. The van der Waals surface area contributed by atoms with E-state index < -0.39 is 11.7 Å². The molecule has 0 bridgehead atoms. The third kappa shape index (κ3) is 4.30. The van der Waals surface area contributed by atoms with E-state index in [-0.39, 0.29) is 5.56 Å². The molecule has 0 saturated carbocycles. The van der Waals surface area contributed by atoms with Gasteiger partial charge in [0, 0.05) is 11.6 Å². The van der Waals surface area contributed by atoms with Gasteiger partial charge < -0.3 is 5.32 Å². The molecule has 0 radical (unpaired) electrons. The van der Waals surface area contributed by atoms with E-state index in [0.29, 0.717) is 11.6 Å². The molecule has 1 N–H and O–H groups in total. The zero-order valence-electron chi connectivity index (χ0n) is 11.8. The molecule has 2 nitrogen and oxygen atoms in total. The molecule has 0 aliphatic rings. The molecule has 2 aromatic rings. The van der Waals surface area contributed by atoms with Gasteiger partial charge in [0.2, 0.25) is 0 Å². The van der Waals surface area contributed by atoms with E-state index in [4.69, 9.17) is 11.6 Å². The first-order valence-corrected chi connectivity index (χ1v) is 7.36. The number of alkyl halides is 1. The van der Waals surface area contributed by atoms with E-state index in [1.165, 1.54) is 6.07 Å². The number of benzene rings is 2. The van der Waals surface area contributed by atoms with Crippen LogP contribution in [-0.4, -0.2) is 11.8 Å². The number of carbonyl (C=O) groups excluding carboxylic acids is 1. The molecule has 1 amide bonds. The molecule has 4 heteroatoms. The number of hydrogen-bond acceptors (Lipinski definition) is 1. The second-order valence-electron chi connectivity index (χ2n) is 4.93. The SMILES string of the molecule is Cc1ccc(F)c(C(=O)Nc2cccc(CCCCl)c2)c1. The van der Waals surface area contributed by atoms with Crippen LogP contribution in [0.4, 0.5) is 10.1 Å². The van der Waals surface area contributed by atoms with E-state index in [9.17, 15) is 9.18 Å². The summed E-state index contributed by atoms with van der Waals surface area (Å²) in [6.07, 6.45) is 1.73. The number of aryl methyl sites for hydroxylation is 2. The highest BCUT2D eigenvalue weighted by Crippen LogP contribution is 2.16. The number of hydrogen-bond donors (Lipinski definition) is 1. The highest BCUT2D eigenvalue weighted by Gasteiger charge is 2.12. The Balaban J connectivity index is 2.14. The molecule has 0 aliphatic carbocycles. The van der Waals surface area contributed by atoms with Crippen molar-refractivity contribution in [1.82, 2.24) is 0 Å². The van der Waals surface area contributed by atoms with Crippen LogP contribution in [0.2, 0.25) is 0 Å². The standard InChI is InChI=1S/C17H17ClFNO/c1-12-7-8-16(19)15(10-12)17(21)20-14-6-2-4-13(11-14)5-3-9-18/h2,4,6-8,10-11H,3,5,9H2,1H3,(H,20,21). The molecule has 0 atom stereocenters. The van der Waals surface area contributed by atoms with Crippen LogP contribution in [0, 0.1) is 12.7 Å². The summed E-state index contributed by atoms with van der Waals surface area (Å²) < 4.78 is 13.7. The van der Waals surface area contributed by atoms with Crippen LogP contribution < -0.4 is 5.32 Å². The fraction of sp³-hybridized carbons (Fsp3) is 0.235. The summed E-state index contributed by atoms with van der Waals surface area (Å²) in [4.78, 5) is 12.1. The molecule has 2 aromatic carbocycles. The van der Waals surface area contributed by atoms with E-state index in [1.807, 2.05) is 25.1 Å². The van der Waals surface area contributed by atoms with Crippen molar-refractivity contribution in [3.05, 3.63) is 65.0 Å². The lowest BCUT2D eigenvalue weighted by atomic mass is 10.1. The maximum atomic E-state index is 13.7. The molecule has 110 valence electrons. The molecule has 0 saturated heterocycles. The normalized spacial score (nSPS) is 10.4. The van der Waals surface area contributed by atoms with E-state index in [0.717, 1.165) is 24.0 Å². The fourth-order valence-corrected chi connectivity index (χ4v) is 2.22. The van der Waals surface area contributed by atoms with Crippen molar-refractivity contribution in [2.75, 3.05) is 11.2 Å². The van der Waals surface area contributed by atoms with Gasteiger partial charge in [-0.25, -0.2) is 4.39 Å². The Hall–Kier alpha value is -1.87. The summed E-state index contributed by atoms with van der Waals surface area (Å²) in [5.41, 5.74) is 2.66. The van der Waals surface area contributed by atoms with Crippen molar-refractivity contribution in [3.8, 4) is 0 Å². The highest BCUT2D eigenvalue weighted by molar-refractivity contribution is 6.17. The molecule has 0 heterocycles. The third-order valence-corrected chi connectivity index (χ3v) is 3.42. The lowest BCUT2D eigenvalue weighted by Gasteiger charge is -2.08. The minimum absolute atomic E-state index is 0.0566. The second kappa shape index (κ2) is 7.23. The largest absolute Gasteiger partial charge is 0.322 e. The number of carbonyl (C=O) groups is 1. The van der Waals surface area contributed by atoms with Crippen molar-refractivity contribution in [2.24, 2.45) is 0 Å². The lowest BCUT2D eigenvalue weighted by molar-refractivity contribution is 0.102. The first kappa shape index (κ1) is 15.5. The second-order valence-corrected chi connectivity index (χ2v) is 5.31. The number of anilines is 1. The number of rotatable bonds is 5. The Bertz CT molecular complexity index is 642. The Morgan fingerprint density at radius 1 is 1.24 bits per heavy atom. The topological polar surface area (TPSA) is 29.1 Å². The molecular weight excluding hydrogens is 289 g/mol. The lowest BCUT2D eigenvalue weighted by Crippen LogP contribution is -2.14. The summed E-state index contributed by atoms with van der Waals surface area (Å²) in [5.74, 6) is -0.354. The molecule has 0 aliphatic heterocycles. The van der Waals surface area contributed by atoms with Crippen molar-refractivity contribution >= 4 is 23.2 Å². The van der Waals surface area contributed by atoms with Crippen LogP contribution in [0.1, 0.15) is 27.9 Å². The summed E-state index contributed by atoms with van der Waals surface area (Å²) in [5, 5.41) is 2.73. The highest BCUT2D eigenvalue weighted by atomic mass is 35.5. The minimum atomic E-state index is -0.517. The van der Waals surface area contributed by atoms with Gasteiger partial charge in [0.1, 0.15) is 5.82 Å². The molecule has 2 rings (SSSR count). The van der Waals surface area contributed by atoms with Gasteiger partial charge in [0.15, 0.2) is 0 Å². The van der Waals surface area contributed by atoms with E-state index in [1.54, 1.807) is 18.2 Å². The molecule has 0 fully saturated rings. The zero-order valence-corrected chi connectivity index (χ0v) is 12.6. The maximum Gasteiger partial charge on any atom is 0.258 e. The number of halogens is 2. The fourth-order valence-electron chi connectivity index (χ4n) is 2.09. The Labute approximate surface area is 128 Å². The molecule has 0 spiro atoms. The van der Waals surface area contributed by atoms with Crippen LogP contribution in [0.25, 0.3) is 0 Å². The van der Waals surface area contributed by atoms with Crippen molar-refractivity contribution in [1.29, 1.82) is 0 Å². The number of amides is 1. The zero-order chi connectivity index (χ0) is 15.2. The van der Waals surface area contributed by atoms with Crippen LogP contribution >= 0.6 is 11.6 Å². The average Bonchev–Trinajstić information content (AvgIpc) is 2.48. The Morgan fingerprint density at radius 2 is 2.05 bits per heavy atom. The van der Waals surface area contributed by atoms with Gasteiger partial charge in [-0.15, -0.1) is 11.6 Å². The predicted molar refractivity (Wildman–Crippen MR) is 84.6 cm³/mol. The molecule has 0 unspecified atom stereocenters. The van der Waals surface area contributed by atoms with Gasteiger partial charge in [-0.05, 0) is 49.6 Å². The van der Waals surface area contributed by atoms with Gasteiger partial charge in [-0.1, -0.05) is 23.8 Å².